The van der Waals surface area contributed by atoms with Gasteiger partial charge in [-0.2, -0.15) is 13.2 Å². The maximum atomic E-state index is 13.3. The van der Waals surface area contributed by atoms with Crippen LogP contribution in [0, 0.1) is 0 Å². The van der Waals surface area contributed by atoms with E-state index >= 15 is 0 Å². The molecule has 2 amide bonds. The van der Waals surface area contributed by atoms with Crippen LogP contribution in [0.15, 0.2) is 53.3 Å². The minimum atomic E-state index is -4.62. The second kappa shape index (κ2) is 12.3. The Morgan fingerprint density at radius 3 is 2.51 bits per heavy atom. The maximum Gasteiger partial charge on any atom is 0.416 e. The highest BCUT2D eigenvalue weighted by Crippen LogP contribution is 2.31. The first-order valence-electron chi connectivity index (χ1n) is 12.2. The Morgan fingerprint density at radius 2 is 1.90 bits per heavy atom. The first kappa shape index (κ1) is 28.8. The Kier molecular flexibility index (Phi) is 9.10. The van der Waals surface area contributed by atoms with E-state index in [4.69, 9.17) is 4.74 Å². The lowest BCUT2D eigenvalue weighted by Gasteiger charge is -2.20. The number of amides is 2. The minimum Gasteiger partial charge on any atom is -0.383 e. The molecule has 3 aromatic rings. The highest BCUT2D eigenvalue weighted by atomic mass is 127. The van der Waals surface area contributed by atoms with Gasteiger partial charge in [-0.15, -0.1) is 5.10 Å². The number of alkyl halides is 4. The van der Waals surface area contributed by atoms with Gasteiger partial charge in [0.15, 0.2) is 5.82 Å². The Morgan fingerprint density at radius 1 is 1.18 bits per heavy atom. The van der Waals surface area contributed by atoms with Crippen molar-refractivity contribution in [2.24, 2.45) is 0 Å². The fourth-order valence-corrected chi connectivity index (χ4v) is 4.44. The van der Waals surface area contributed by atoms with Crippen LogP contribution in [0.4, 0.5) is 13.2 Å². The molecular formula is C26H27F3IN5O4. The van der Waals surface area contributed by atoms with E-state index in [-0.39, 0.29) is 24.8 Å². The molecule has 1 atom stereocenters. The third-order valence-corrected chi connectivity index (χ3v) is 7.02. The number of aromatic nitrogens is 3. The first-order valence-corrected chi connectivity index (χ1v) is 13.7. The molecule has 1 aliphatic rings. The van der Waals surface area contributed by atoms with Gasteiger partial charge in [0, 0.05) is 23.1 Å². The average Bonchev–Trinajstić information content (AvgIpc) is 3.68. The van der Waals surface area contributed by atoms with Gasteiger partial charge in [0.05, 0.1) is 18.7 Å². The van der Waals surface area contributed by atoms with E-state index in [1.165, 1.54) is 23.8 Å². The number of hydrogen-bond donors (Lipinski definition) is 2. The number of carbonyl (C=O) groups excluding carboxylic acids is 2. The molecule has 0 aliphatic heterocycles. The average molecular weight is 657 g/mol. The molecule has 1 aliphatic carbocycles. The lowest BCUT2D eigenvalue weighted by Crippen LogP contribution is -2.43. The predicted octanol–water partition coefficient (Wildman–Crippen LogP) is 3.45. The van der Waals surface area contributed by atoms with Crippen molar-refractivity contribution in [3.05, 3.63) is 75.7 Å². The van der Waals surface area contributed by atoms with Gasteiger partial charge < -0.3 is 15.4 Å². The van der Waals surface area contributed by atoms with Gasteiger partial charge in [-0.05, 0) is 36.1 Å². The van der Waals surface area contributed by atoms with Crippen LogP contribution in [0.2, 0.25) is 0 Å². The van der Waals surface area contributed by atoms with Crippen LogP contribution in [0.5, 0.6) is 0 Å². The second-order valence-electron chi connectivity index (χ2n) is 9.15. The zero-order chi connectivity index (χ0) is 28.2. The highest BCUT2D eigenvalue weighted by Gasteiger charge is 2.34. The smallest absolute Gasteiger partial charge is 0.383 e. The van der Waals surface area contributed by atoms with Crippen LogP contribution in [0.3, 0.4) is 0 Å². The quantitative estimate of drug-likeness (QED) is 0.243. The van der Waals surface area contributed by atoms with Gasteiger partial charge in [0.25, 0.3) is 0 Å². The van der Waals surface area contributed by atoms with Crippen molar-refractivity contribution in [1.82, 2.24) is 25.0 Å². The molecule has 1 fully saturated rings. The lowest BCUT2D eigenvalue weighted by molar-refractivity contribution is -0.137. The summed E-state index contributed by atoms with van der Waals surface area (Å²) in [7, 11) is 1.50. The summed E-state index contributed by atoms with van der Waals surface area (Å²) in [6.45, 7) is -0.115. The van der Waals surface area contributed by atoms with Crippen molar-refractivity contribution in [2.75, 3.05) is 13.7 Å². The summed E-state index contributed by atoms with van der Waals surface area (Å²) >= 11 is 2.24. The molecule has 1 saturated carbocycles. The van der Waals surface area contributed by atoms with E-state index in [2.05, 4.69) is 38.3 Å². The molecule has 2 aromatic carbocycles. The molecule has 13 heteroatoms. The summed E-state index contributed by atoms with van der Waals surface area (Å²) < 4.78 is 48.2. The standard InChI is InChI=1S/C26H27F3IN5O4/c1-39-12-11-34-23(17-7-5-16(14-30)6-8-17)33-35(25(34)38)15-21(36)32-22(24(37)31-20-9-10-20)18-3-2-4-19(13-18)26(27,28)29/h2-8,13,20,22H,9-12,14-15H2,1H3,(H,31,37)(H,32,36). The van der Waals surface area contributed by atoms with Crippen molar-refractivity contribution < 1.29 is 27.5 Å². The molecule has 1 heterocycles. The second-order valence-corrected chi connectivity index (χ2v) is 9.91. The lowest BCUT2D eigenvalue weighted by atomic mass is 10.0. The van der Waals surface area contributed by atoms with Crippen LogP contribution in [0.25, 0.3) is 11.4 Å². The summed E-state index contributed by atoms with van der Waals surface area (Å²) in [5.74, 6) is -1.04. The molecule has 1 aromatic heterocycles. The molecule has 0 spiro atoms. The number of halogens is 4. The van der Waals surface area contributed by atoms with Crippen molar-refractivity contribution in [3.63, 3.8) is 0 Å². The van der Waals surface area contributed by atoms with E-state index in [0.717, 1.165) is 39.6 Å². The normalized spacial score (nSPS) is 14.2. The summed E-state index contributed by atoms with van der Waals surface area (Å²) in [4.78, 5) is 39.1. The number of nitrogens with zero attached hydrogens (tertiary/aromatic N) is 3. The third-order valence-electron chi connectivity index (χ3n) is 6.14. The van der Waals surface area contributed by atoms with Gasteiger partial charge in [0.2, 0.25) is 11.8 Å². The fourth-order valence-electron chi connectivity index (χ4n) is 3.93. The van der Waals surface area contributed by atoms with Crippen LogP contribution < -0.4 is 16.3 Å². The van der Waals surface area contributed by atoms with Crippen molar-refractivity contribution in [3.8, 4) is 11.4 Å². The van der Waals surface area contributed by atoms with E-state index in [0.29, 0.717) is 11.4 Å². The summed E-state index contributed by atoms with van der Waals surface area (Å²) in [6.07, 6.45) is -3.11. The minimum absolute atomic E-state index is 0.0228. The molecule has 2 N–H and O–H groups in total. The predicted molar refractivity (Wildman–Crippen MR) is 145 cm³/mol. The topological polar surface area (TPSA) is 107 Å². The Bertz CT molecular complexity index is 1380. The van der Waals surface area contributed by atoms with Crippen LogP contribution in [0.1, 0.15) is 35.6 Å². The van der Waals surface area contributed by atoms with Gasteiger partial charge in [-0.3, -0.25) is 14.2 Å². The van der Waals surface area contributed by atoms with Gasteiger partial charge in [-0.1, -0.05) is 59.0 Å². The SMILES string of the molecule is COCCn1c(-c2ccc(CI)cc2)nn(CC(=O)NC(C(=O)NC2CC2)c2cccc(C(F)(F)F)c2)c1=O. The number of ether oxygens (including phenoxy) is 1. The maximum absolute atomic E-state index is 13.3. The molecule has 0 saturated heterocycles. The number of benzene rings is 2. The molecule has 9 nitrogen and oxygen atoms in total. The van der Waals surface area contributed by atoms with E-state index in [1.807, 2.05) is 24.3 Å². The molecule has 208 valence electrons. The number of hydrogen-bond acceptors (Lipinski definition) is 5. The summed E-state index contributed by atoms with van der Waals surface area (Å²) in [6, 6.07) is 10.3. The van der Waals surface area contributed by atoms with Gasteiger partial charge >= 0.3 is 11.9 Å². The molecule has 0 radical (unpaired) electrons. The zero-order valence-electron chi connectivity index (χ0n) is 21.0. The van der Waals surface area contributed by atoms with E-state index in [9.17, 15) is 27.6 Å². The van der Waals surface area contributed by atoms with Gasteiger partial charge in [-0.25, -0.2) is 9.48 Å². The molecule has 1 unspecified atom stereocenters. The van der Waals surface area contributed by atoms with E-state index in [1.54, 1.807) is 0 Å². The Labute approximate surface area is 235 Å². The largest absolute Gasteiger partial charge is 0.416 e. The van der Waals surface area contributed by atoms with Crippen molar-refractivity contribution >= 4 is 34.4 Å². The summed E-state index contributed by atoms with van der Waals surface area (Å²) in [5.41, 5.74) is 0.235. The number of nitrogens with one attached hydrogen (secondary N) is 2. The fraction of sp³-hybridized carbons (Fsp3) is 0.385. The van der Waals surface area contributed by atoms with Gasteiger partial charge in [0.1, 0.15) is 12.6 Å². The summed E-state index contributed by atoms with van der Waals surface area (Å²) in [5, 5.41) is 9.57. The molecule has 4 rings (SSSR count). The molecular weight excluding hydrogens is 630 g/mol. The highest BCUT2D eigenvalue weighted by molar-refractivity contribution is 14.1. The monoisotopic (exact) mass is 657 g/mol. The number of methoxy groups -OCH3 is 1. The van der Waals surface area contributed by atoms with Crippen LogP contribution >= 0.6 is 22.6 Å². The first-order chi connectivity index (χ1) is 18.6. The Balaban J connectivity index is 1.60. The van der Waals surface area contributed by atoms with Crippen LogP contribution in [-0.4, -0.2) is 45.9 Å². The Hall–Kier alpha value is -3.20. The van der Waals surface area contributed by atoms with Crippen molar-refractivity contribution in [2.45, 2.75) is 48.6 Å². The molecule has 39 heavy (non-hydrogen) atoms. The van der Waals surface area contributed by atoms with Crippen molar-refractivity contribution in [1.29, 1.82) is 0 Å². The molecule has 0 bridgehead atoms. The number of carbonyl (C=O) groups is 2. The van der Waals surface area contributed by atoms with Crippen LogP contribution in [-0.2, 0) is 38.0 Å². The third kappa shape index (κ3) is 7.26. The van der Waals surface area contributed by atoms with E-state index < -0.39 is 41.8 Å². The number of rotatable bonds is 11. The zero-order valence-corrected chi connectivity index (χ0v) is 23.2.